The summed E-state index contributed by atoms with van der Waals surface area (Å²) in [6, 6.07) is 6.55. The molecule has 0 spiro atoms. The maximum absolute atomic E-state index is 4.59. The monoisotopic (exact) mass is 285 g/mol. The molecule has 2 saturated heterocycles. The fraction of sp³-hybridized carbons (Fsp3) is 0.500. The van der Waals surface area contributed by atoms with Gasteiger partial charge in [-0.1, -0.05) is 0 Å². The lowest BCUT2D eigenvalue weighted by Crippen LogP contribution is -2.37. The van der Waals surface area contributed by atoms with Crippen molar-refractivity contribution < 1.29 is 0 Å². The number of hydrogen-bond donors (Lipinski definition) is 0. The summed E-state index contributed by atoms with van der Waals surface area (Å²) in [5, 5.41) is 11.2. The van der Waals surface area contributed by atoms with Crippen molar-refractivity contribution in [3.63, 3.8) is 0 Å². The molecule has 2 aliphatic heterocycles. The Morgan fingerprint density at radius 3 is 2.90 bits per heavy atom. The van der Waals surface area contributed by atoms with Gasteiger partial charge in [0.1, 0.15) is 5.69 Å². The van der Waals surface area contributed by atoms with E-state index in [9.17, 15) is 0 Å². The SMILES string of the molecule is Cc1csc(-c2ccc([C@@]34CCCN(CC3)C4)nn2)c1. The van der Waals surface area contributed by atoms with Gasteiger partial charge in [-0.2, -0.15) is 5.10 Å². The van der Waals surface area contributed by atoms with Crippen molar-refractivity contribution in [1.29, 1.82) is 0 Å². The van der Waals surface area contributed by atoms with E-state index in [-0.39, 0.29) is 5.41 Å². The minimum Gasteiger partial charge on any atom is -0.302 e. The summed E-state index contributed by atoms with van der Waals surface area (Å²) in [5.41, 5.74) is 3.80. The van der Waals surface area contributed by atoms with Crippen LogP contribution >= 0.6 is 11.3 Å². The lowest BCUT2D eigenvalue weighted by molar-refractivity contribution is 0.239. The molecule has 2 aliphatic rings. The maximum atomic E-state index is 4.59. The first-order valence-electron chi connectivity index (χ1n) is 7.37. The van der Waals surface area contributed by atoms with Crippen molar-refractivity contribution in [3.8, 4) is 10.6 Å². The third kappa shape index (κ3) is 1.98. The van der Waals surface area contributed by atoms with Crippen LogP contribution in [-0.2, 0) is 5.41 Å². The van der Waals surface area contributed by atoms with E-state index in [1.165, 1.54) is 55.0 Å². The molecule has 2 atom stereocenters. The van der Waals surface area contributed by atoms with Crippen molar-refractivity contribution in [1.82, 2.24) is 15.1 Å². The van der Waals surface area contributed by atoms with Crippen LogP contribution in [-0.4, -0.2) is 34.7 Å². The highest BCUT2D eigenvalue weighted by Gasteiger charge is 2.43. The van der Waals surface area contributed by atoms with Gasteiger partial charge in [-0.15, -0.1) is 16.4 Å². The molecule has 104 valence electrons. The highest BCUT2D eigenvalue weighted by Crippen LogP contribution is 2.41. The molecule has 0 aliphatic carbocycles. The summed E-state index contributed by atoms with van der Waals surface area (Å²) in [6.45, 7) is 5.80. The summed E-state index contributed by atoms with van der Waals surface area (Å²) in [6.07, 6.45) is 3.82. The lowest BCUT2D eigenvalue weighted by Gasteiger charge is -2.33. The highest BCUT2D eigenvalue weighted by atomic mass is 32.1. The number of piperidine rings is 1. The van der Waals surface area contributed by atoms with Gasteiger partial charge in [-0.25, -0.2) is 0 Å². The standard InChI is InChI=1S/C16H19N3S/c1-12-9-14(20-10-12)13-3-4-15(18-17-13)16-5-2-7-19(11-16)8-6-16/h3-4,9-10H,2,5-8,11H2,1H3/t16-/m0/s1. The van der Waals surface area contributed by atoms with Crippen molar-refractivity contribution in [2.75, 3.05) is 19.6 Å². The molecule has 0 radical (unpaired) electrons. The third-order valence-corrected chi connectivity index (χ3v) is 5.82. The molecular formula is C16H19N3S. The Bertz CT molecular complexity index is 615. The van der Waals surface area contributed by atoms with E-state index in [2.05, 4.69) is 45.6 Å². The van der Waals surface area contributed by atoms with Gasteiger partial charge < -0.3 is 4.90 Å². The van der Waals surface area contributed by atoms with E-state index in [1.807, 2.05) is 0 Å². The first-order chi connectivity index (χ1) is 9.75. The summed E-state index contributed by atoms with van der Waals surface area (Å²) in [4.78, 5) is 3.79. The molecule has 2 fully saturated rings. The summed E-state index contributed by atoms with van der Waals surface area (Å²) >= 11 is 1.75. The summed E-state index contributed by atoms with van der Waals surface area (Å²) in [5.74, 6) is 0. The molecule has 0 amide bonds. The molecule has 2 aromatic rings. The largest absolute Gasteiger partial charge is 0.302 e. The molecule has 2 aromatic heterocycles. The van der Waals surface area contributed by atoms with Crippen LogP contribution in [0.2, 0.25) is 0 Å². The Morgan fingerprint density at radius 2 is 2.15 bits per heavy atom. The number of rotatable bonds is 2. The molecule has 3 nitrogen and oxygen atoms in total. The normalized spacial score (nSPS) is 28.8. The van der Waals surface area contributed by atoms with Crippen LogP contribution in [0.4, 0.5) is 0 Å². The fourth-order valence-corrected chi connectivity index (χ4v) is 4.51. The van der Waals surface area contributed by atoms with Gasteiger partial charge in [0.05, 0.1) is 10.6 Å². The third-order valence-electron chi connectivity index (χ3n) is 4.75. The van der Waals surface area contributed by atoms with Gasteiger partial charge in [0.15, 0.2) is 0 Å². The predicted octanol–water partition coefficient (Wildman–Crippen LogP) is 3.25. The molecule has 20 heavy (non-hydrogen) atoms. The van der Waals surface area contributed by atoms with Crippen LogP contribution in [0.1, 0.15) is 30.5 Å². The van der Waals surface area contributed by atoms with E-state index in [4.69, 9.17) is 0 Å². The van der Waals surface area contributed by atoms with Crippen molar-refractivity contribution in [2.45, 2.75) is 31.6 Å². The minimum atomic E-state index is 0.287. The molecule has 0 saturated carbocycles. The number of aryl methyl sites for hydroxylation is 1. The lowest BCUT2D eigenvalue weighted by atomic mass is 9.78. The molecule has 1 unspecified atom stereocenters. The van der Waals surface area contributed by atoms with Crippen LogP contribution in [0.15, 0.2) is 23.6 Å². The van der Waals surface area contributed by atoms with Crippen LogP contribution in [0.25, 0.3) is 10.6 Å². The Morgan fingerprint density at radius 1 is 1.20 bits per heavy atom. The van der Waals surface area contributed by atoms with E-state index >= 15 is 0 Å². The second kappa shape index (κ2) is 4.64. The van der Waals surface area contributed by atoms with Crippen LogP contribution in [0, 0.1) is 6.92 Å². The Kier molecular flexibility index (Phi) is 2.89. The fourth-order valence-electron chi connectivity index (χ4n) is 3.64. The Labute approximate surface area is 123 Å². The van der Waals surface area contributed by atoms with Crippen LogP contribution in [0.3, 0.4) is 0 Å². The second-order valence-electron chi connectivity index (χ2n) is 6.20. The van der Waals surface area contributed by atoms with Crippen molar-refractivity contribution in [2.24, 2.45) is 0 Å². The van der Waals surface area contributed by atoms with Crippen LogP contribution < -0.4 is 0 Å². The number of nitrogens with zero attached hydrogens (tertiary/aromatic N) is 3. The summed E-state index contributed by atoms with van der Waals surface area (Å²) in [7, 11) is 0. The molecule has 4 rings (SSSR count). The zero-order chi connectivity index (χ0) is 13.6. The van der Waals surface area contributed by atoms with Gasteiger partial charge in [-0.05, 0) is 68.4 Å². The minimum absolute atomic E-state index is 0.287. The van der Waals surface area contributed by atoms with Gasteiger partial charge in [0.2, 0.25) is 0 Å². The quantitative estimate of drug-likeness (QED) is 0.848. The predicted molar refractivity (Wildman–Crippen MR) is 82.1 cm³/mol. The van der Waals surface area contributed by atoms with Crippen molar-refractivity contribution in [3.05, 3.63) is 34.8 Å². The highest BCUT2D eigenvalue weighted by molar-refractivity contribution is 7.13. The van der Waals surface area contributed by atoms with Gasteiger partial charge >= 0.3 is 0 Å². The van der Waals surface area contributed by atoms with Gasteiger partial charge in [-0.3, -0.25) is 0 Å². The first kappa shape index (κ1) is 12.5. The van der Waals surface area contributed by atoms with Crippen molar-refractivity contribution >= 4 is 11.3 Å². The zero-order valence-corrected chi connectivity index (χ0v) is 12.6. The van der Waals surface area contributed by atoms with E-state index in [0.29, 0.717) is 0 Å². The average Bonchev–Trinajstić information content (AvgIpc) is 3.04. The molecule has 4 heterocycles. The van der Waals surface area contributed by atoms with E-state index in [1.54, 1.807) is 11.3 Å². The van der Waals surface area contributed by atoms with E-state index in [0.717, 1.165) is 5.69 Å². The summed E-state index contributed by atoms with van der Waals surface area (Å²) < 4.78 is 0. The molecule has 0 aromatic carbocycles. The Hall–Kier alpha value is -1.26. The van der Waals surface area contributed by atoms with Gasteiger partial charge in [0, 0.05) is 12.0 Å². The Balaban J connectivity index is 1.64. The number of thiophene rings is 1. The first-order valence-corrected chi connectivity index (χ1v) is 8.25. The van der Waals surface area contributed by atoms with Crippen LogP contribution in [0.5, 0.6) is 0 Å². The number of fused-ring (bicyclic) bond motifs is 2. The molecule has 0 N–H and O–H groups in total. The topological polar surface area (TPSA) is 29.0 Å². The smallest absolute Gasteiger partial charge is 0.103 e. The maximum Gasteiger partial charge on any atom is 0.103 e. The number of hydrogen-bond acceptors (Lipinski definition) is 4. The average molecular weight is 285 g/mol. The molecular weight excluding hydrogens is 266 g/mol. The number of aromatic nitrogens is 2. The van der Waals surface area contributed by atoms with Gasteiger partial charge in [0.25, 0.3) is 0 Å². The second-order valence-corrected chi connectivity index (χ2v) is 7.11. The molecule has 2 bridgehead atoms. The van der Waals surface area contributed by atoms with E-state index < -0.39 is 0 Å². The zero-order valence-electron chi connectivity index (χ0n) is 11.8. The molecule has 4 heteroatoms.